The third kappa shape index (κ3) is 3.84. The summed E-state index contributed by atoms with van der Waals surface area (Å²) in [6.07, 6.45) is 7.68. The van der Waals surface area contributed by atoms with Crippen molar-refractivity contribution < 1.29 is 9.90 Å². The molecule has 1 aliphatic carbocycles. The predicted molar refractivity (Wildman–Crippen MR) is 88.3 cm³/mol. The number of aromatic nitrogens is 2. The predicted octanol–water partition coefficient (Wildman–Crippen LogP) is 2.45. The first-order valence-corrected chi connectivity index (χ1v) is 9.45. The maximum Gasteiger partial charge on any atom is 0.271 e. The highest BCUT2D eigenvalue weighted by Crippen LogP contribution is 2.31. The minimum atomic E-state index is -0.747. The number of rotatable bonds is 4. The van der Waals surface area contributed by atoms with Crippen LogP contribution >= 0.6 is 11.8 Å². The van der Waals surface area contributed by atoms with Crippen molar-refractivity contribution in [3.63, 3.8) is 0 Å². The zero-order valence-corrected chi connectivity index (χ0v) is 13.8. The third-order valence-corrected chi connectivity index (χ3v) is 5.86. The van der Waals surface area contributed by atoms with Gasteiger partial charge in [-0.3, -0.25) is 9.89 Å². The highest BCUT2D eigenvalue weighted by molar-refractivity contribution is 7.99. The largest absolute Gasteiger partial charge is 0.388 e. The van der Waals surface area contributed by atoms with E-state index in [0.29, 0.717) is 18.2 Å². The Morgan fingerprint density at radius 2 is 2.09 bits per heavy atom. The molecule has 1 aromatic heterocycles. The van der Waals surface area contributed by atoms with E-state index in [1.54, 1.807) is 0 Å². The van der Waals surface area contributed by atoms with Crippen LogP contribution in [0.4, 0.5) is 0 Å². The summed E-state index contributed by atoms with van der Waals surface area (Å²) in [5.74, 6) is 2.24. The smallest absolute Gasteiger partial charge is 0.271 e. The molecule has 2 aliphatic rings. The maximum atomic E-state index is 12.2. The van der Waals surface area contributed by atoms with Gasteiger partial charge in [0.25, 0.3) is 5.91 Å². The molecule has 0 unspecified atom stereocenters. The summed E-state index contributed by atoms with van der Waals surface area (Å²) in [6, 6.07) is 1.88. The van der Waals surface area contributed by atoms with Crippen LogP contribution in [0.15, 0.2) is 6.07 Å². The molecule has 0 bridgehead atoms. The van der Waals surface area contributed by atoms with Crippen LogP contribution in [0, 0.1) is 0 Å². The van der Waals surface area contributed by atoms with Crippen molar-refractivity contribution in [2.75, 3.05) is 18.1 Å². The van der Waals surface area contributed by atoms with Crippen LogP contribution in [0.3, 0.4) is 0 Å². The van der Waals surface area contributed by atoms with Gasteiger partial charge in [-0.1, -0.05) is 19.3 Å². The summed E-state index contributed by atoms with van der Waals surface area (Å²) >= 11 is 1.86. The van der Waals surface area contributed by atoms with Gasteiger partial charge >= 0.3 is 0 Å². The van der Waals surface area contributed by atoms with Crippen LogP contribution in [0.1, 0.15) is 67.0 Å². The van der Waals surface area contributed by atoms with Gasteiger partial charge in [0.1, 0.15) is 5.69 Å². The second-order valence-electron chi connectivity index (χ2n) is 6.56. The summed E-state index contributed by atoms with van der Waals surface area (Å²) in [4.78, 5) is 12.2. The Morgan fingerprint density at radius 3 is 2.82 bits per heavy atom. The number of nitrogens with one attached hydrogen (secondary N) is 2. The van der Waals surface area contributed by atoms with Gasteiger partial charge in [-0.25, -0.2) is 0 Å². The molecule has 1 saturated carbocycles. The maximum absolute atomic E-state index is 12.2. The van der Waals surface area contributed by atoms with Crippen LogP contribution in [0.2, 0.25) is 0 Å². The Labute approximate surface area is 135 Å². The topological polar surface area (TPSA) is 78.0 Å². The van der Waals surface area contributed by atoms with E-state index in [2.05, 4.69) is 15.5 Å². The standard InChI is InChI=1S/C16H25N3O2S/c20-15(17-11-16(21)6-8-22-9-7-16)14-10-13(18-19-14)12-4-2-1-3-5-12/h10,12,21H,1-9,11H2,(H,17,20)(H,18,19). The molecule has 6 heteroatoms. The fourth-order valence-corrected chi connectivity index (χ4v) is 4.59. The van der Waals surface area contributed by atoms with Crippen molar-refractivity contribution in [2.24, 2.45) is 0 Å². The Balaban J connectivity index is 1.54. The lowest BCUT2D eigenvalue weighted by Crippen LogP contribution is -2.45. The molecule has 1 aromatic rings. The Bertz CT molecular complexity index is 505. The fraction of sp³-hybridized carbons (Fsp3) is 0.750. The number of carbonyl (C=O) groups is 1. The van der Waals surface area contributed by atoms with E-state index in [-0.39, 0.29) is 5.91 Å². The number of nitrogens with zero attached hydrogens (tertiary/aromatic N) is 1. The first-order valence-electron chi connectivity index (χ1n) is 8.30. The second kappa shape index (κ2) is 7.04. The van der Waals surface area contributed by atoms with Gasteiger partial charge in [0.15, 0.2) is 0 Å². The third-order valence-electron chi connectivity index (χ3n) is 4.88. The van der Waals surface area contributed by atoms with Crippen LogP contribution in [-0.4, -0.2) is 44.9 Å². The molecule has 3 rings (SSSR count). The number of hydrogen-bond acceptors (Lipinski definition) is 4. The molecule has 2 heterocycles. The summed E-state index contributed by atoms with van der Waals surface area (Å²) < 4.78 is 0. The molecule has 5 nitrogen and oxygen atoms in total. The first kappa shape index (κ1) is 15.9. The van der Waals surface area contributed by atoms with E-state index in [0.717, 1.165) is 30.0 Å². The van der Waals surface area contributed by atoms with Crippen molar-refractivity contribution >= 4 is 17.7 Å². The summed E-state index contributed by atoms with van der Waals surface area (Å²) in [5, 5.41) is 20.4. The monoisotopic (exact) mass is 323 g/mol. The number of hydrogen-bond donors (Lipinski definition) is 3. The summed E-state index contributed by atoms with van der Waals surface area (Å²) in [7, 11) is 0. The minimum Gasteiger partial charge on any atom is -0.388 e. The molecular formula is C16H25N3O2S. The van der Waals surface area contributed by atoms with E-state index in [4.69, 9.17) is 0 Å². The van der Waals surface area contributed by atoms with Crippen molar-refractivity contribution in [3.05, 3.63) is 17.5 Å². The molecule has 1 amide bonds. The van der Waals surface area contributed by atoms with Crippen molar-refractivity contribution in [1.29, 1.82) is 0 Å². The Morgan fingerprint density at radius 1 is 1.36 bits per heavy atom. The lowest BCUT2D eigenvalue weighted by Gasteiger charge is -2.31. The number of aromatic amines is 1. The normalized spacial score (nSPS) is 22.4. The molecule has 0 atom stereocenters. The van der Waals surface area contributed by atoms with Crippen molar-refractivity contribution in [3.8, 4) is 0 Å². The van der Waals surface area contributed by atoms with Crippen LogP contribution in [0.5, 0.6) is 0 Å². The zero-order valence-electron chi connectivity index (χ0n) is 12.9. The first-order chi connectivity index (χ1) is 10.7. The van der Waals surface area contributed by atoms with E-state index in [1.807, 2.05) is 17.8 Å². The van der Waals surface area contributed by atoms with Gasteiger partial charge in [0.2, 0.25) is 0 Å². The SMILES string of the molecule is O=C(NCC1(O)CCSCC1)c1cc(C2CCCCC2)[nH]n1. The van der Waals surface area contributed by atoms with Crippen LogP contribution in [0.25, 0.3) is 0 Å². The quantitative estimate of drug-likeness (QED) is 0.795. The van der Waals surface area contributed by atoms with Gasteiger partial charge in [-0.2, -0.15) is 16.9 Å². The molecule has 0 spiro atoms. The molecule has 122 valence electrons. The molecule has 2 fully saturated rings. The molecular weight excluding hydrogens is 298 g/mol. The van der Waals surface area contributed by atoms with Crippen LogP contribution in [-0.2, 0) is 0 Å². The van der Waals surface area contributed by atoms with Gasteiger partial charge in [-0.15, -0.1) is 0 Å². The highest BCUT2D eigenvalue weighted by Gasteiger charge is 2.30. The number of amides is 1. The molecule has 0 radical (unpaired) electrons. The number of H-pyrrole nitrogens is 1. The lowest BCUT2D eigenvalue weighted by atomic mass is 9.87. The second-order valence-corrected chi connectivity index (χ2v) is 7.79. The van der Waals surface area contributed by atoms with E-state index in [1.165, 1.54) is 32.1 Å². The Kier molecular flexibility index (Phi) is 5.08. The number of carbonyl (C=O) groups excluding carboxylic acids is 1. The van der Waals surface area contributed by atoms with Gasteiger partial charge in [0.05, 0.1) is 5.60 Å². The van der Waals surface area contributed by atoms with E-state index < -0.39 is 5.60 Å². The van der Waals surface area contributed by atoms with E-state index in [9.17, 15) is 9.90 Å². The van der Waals surface area contributed by atoms with Gasteiger partial charge in [-0.05, 0) is 43.3 Å². The average molecular weight is 323 g/mol. The molecule has 0 aromatic carbocycles. The fourth-order valence-electron chi connectivity index (χ4n) is 3.34. The molecule has 1 saturated heterocycles. The zero-order chi connectivity index (χ0) is 15.4. The molecule has 3 N–H and O–H groups in total. The number of thioether (sulfide) groups is 1. The Hall–Kier alpha value is -1.01. The van der Waals surface area contributed by atoms with Crippen molar-refractivity contribution in [1.82, 2.24) is 15.5 Å². The number of aliphatic hydroxyl groups is 1. The summed E-state index contributed by atoms with van der Waals surface area (Å²) in [5.41, 5.74) is 0.774. The minimum absolute atomic E-state index is 0.190. The van der Waals surface area contributed by atoms with Gasteiger partial charge in [0, 0.05) is 18.2 Å². The van der Waals surface area contributed by atoms with E-state index >= 15 is 0 Å². The average Bonchev–Trinajstić information content (AvgIpc) is 3.04. The summed E-state index contributed by atoms with van der Waals surface area (Å²) in [6.45, 7) is 0.317. The molecule has 1 aliphatic heterocycles. The van der Waals surface area contributed by atoms with Gasteiger partial charge < -0.3 is 10.4 Å². The molecule has 22 heavy (non-hydrogen) atoms. The lowest BCUT2D eigenvalue weighted by molar-refractivity contribution is 0.0310. The highest BCUT2D eigenvalue weighted by atomic mass is 32.2. The van der Waals surface area contributed by atoms with Crippen LogP contribution < -0.4 is 5.32 Å². The van der Waals surface area contributed by atoms with Crippen molar-refractivity contribution in [2.45, 2.75) is 56.5 Å².